The lowest BCUT2D eigenvalue weighted by molar-refractivity contribution is 1.37. The van der Waals surface area contributed by atoms with Crippen LogP contribution in [0.2, 0.25) is 39.3 Å². The smallest absolute Gasteiger partial charge is 0.127 e. The molecule has 5 aromatic rings. The van der Waals surface area contributed by atoms with Crippen LogP contribution in [0, 0.1) is 50.6 Å². The molecule has 0 bridgehead atoms. The Balaban J connectivity index is 2.07. The molecule has 5 aromatic carbocycles. The quantitative estimate of drug-likeness (QED) is 0.107. The number of benzene rings is 5. The van der Waals surface area contributed by atoms with E-state index in [9.17, 15) is 0 Å². The van der Waals surface area contributed by atoms with E-state index < -0.39 is 16.1 Å². The van der Waals surface area contributed by atoms with E-state index in [1.54, 1.807) is 0 Å². The Morgan fingerprint density at radius 2 is 0.632 bits per heavy atom. The van der Waals surface area contributed by atoms with Crippen molar-refractivity contribution in [1.29, 1.82) is 0 Å². The van der Waals surface area contributed by atoms with Crippen molar-refractivity contribution < 1.29 is 0 Å². The number of fused-ring (bicyclic) bond motifs is 4. The van der Waals surface area contributed by atoms with Crippen LogP contribution >= 0.6 is 0 Å². The van der Waals surface area contributed by atoms with E-state index in [1.807, 2.05) is 0 Å². The van der Waals surface area contributed by atoms with Crippen LogP contribution in [0.15, 0.2) is 48.5 Å². The summed E-state index contributed by atoms with van der Waals surface area (Å²) >= 11 is 0. The maximum atomic E-state index is 3.72. The summed E-state index contributed by atoms with van der Waals surface area (Å²) in [7, 11) is -3.18. The molecule has 0 aliphatic carbocycles. The van der Waals surface area contributed by atoms with Crippen LogP contribution in [0.1, 0.15) is 33.4 Å². The average molecular weight is 527 g/mol. The molecule has 0 fully saturated rings. The van der Waals surface area contributed by atoms with Crippen molar-refractivity contribution in [3.05, 3.63) is 81.9 Å². The van der Waals surface area contributed by atoms with Gasteiger partial charge >= 0.3 is 0 Å². The van der Waals surface area contributed by atoms with Gasteiger partial charge in [-0.2, -0.15) is 0 Å². The highest BCUT2D eigenvalue weighted by atomic mass is 28.3. The van der Waals surface area contributed by atoms with Gasteiger partial charge in [-0.1, -0.05) is 75.4 Å². The first-order valence-electron chi connectivity index (χ1n) is 13.6. The minimum absolute atomic E-state index is 1.15. The van der Waals surface area contributed by atoms with Gasteiger partial charge < -0.3 is 0 Å². The van der Waals surface area contributed by atoms with Crippen LogP contribution < -0.4 is 0 Å². The van der Waals surface area contributed by atoms with Crippen LogP contribution in [-0.2, 0) is 0 Å². The number of hydrogen-bond donors (Lipinski definition) is 0. The third-order valence-corrected chi connectivity index (χ3v) is 9.13. The zero-order valence-electron chi connectivity index (χ0n) is 24.6. The molecule has 0 N–H and O–H groups in total. The van der Waals surface area contributed by atoms with Crippen LogP contribution in [0.5, 0.6) is 0 Å². The molecule has 0 amide bonds. The highest BCUT2D eigenvalue weighted by Gasteiger charge is 2.17. The molecule has 38 heavy (non-hydrogen) atoms. The largest absolute Gasteiger partial charge is 0.129 e. The Bertz CT molecular complexity index is 1670. The zero-order chi connectivity index (χ0) is 27.6. The summed E-state index contributed by atoms with van der Waals surface area (Å²) in [5.74, 6) is 7.45. The molecule has 0 unspecified atom stereocenters. The molecule has 2 heteroatoms. The van der Waals surface area contributed by atoms with Crippen LogP contribution in [-0.4, -0.2) is 16.1 Å². The van der Waals surface area contributed by atoms with Crippen molar-refractivity contribution in [1.82, 2.24) is 0 Å². The molecule has 0 saturated carbocycles. The van der Waals surface area contributed by atoms with Crippen molar-refractivity contribution in [3.8, 4) is 22.9 Å². The summed E-state index contributed by atoms with van der Waals surface area (Å²) in [5.41, 5.74) is 15.0. The van der Waals surface area contributed by atoms with Crippen LogP contribution in [0.3, 0.4) is 0 Å². The first-order valence-corrected chi connectivity index (χ1v) is 20.6. The van der Waals surface area contributed by atoms with Crippen molar-refractivity contribution in [2.24, 2.45) is 0 Å². The van der Waals surface area contributed by atoms with Gasteiger partial charge in [0.05, 0.1) is 0 Å². The molecular formula is C36H38Si2. The van der Waals surface area contributed by atoms with Crippen molar-refractivity contribution in [2.75, 3.05) is 0 Å². The van der Waals surface area contributed by atoms with Crippen molar-refractivity contribution >= 4 is 59.2 Å². The summed E-state index contributed by atoms with van der Waals surface area (Å²) < 4.78 is 0. The van der Waals surface area contributed by atoms with Crippen molar-refractivity contribution in [3.63, 3.8) is 0 Å². The number of rotatable bonds is 0. The van der Waals surface area contributed by atoms with E-state index in [4.69, 9.17) is 0 Å². The maximum Gasteiger partial charge on any atom is 0.129 e. The first-order chi connectivity index (χ1) is 17.7. The molecule has 0 radical (unpaired) electrons. The second-order valence-electron chi connectivity index (χ2n) is 13.1. The lowest BCUT2D eigenvalue weighted by atomic mass is 9.88. The third kappa shape index (κ3) is 5.04. The third-order valence-electron chi connectivity index (χ3n) is 7.38. The second kappa shape index (κ2) is 9.16. The van der Waals surface area contributed by atoms with E-state index in [1.165, 1.54) is 65.3 Å². The minimum Gasteiger partial charge on any atom is -0.127 e. The molecule has 0 spiro atoms. The molecule has 0 aliphatic rings. The SMILES string of the molecule is Cc1cc2cc3c(C#C[Si](C)(C)C)c4cc5cc(C)c(C)cc5cc4c(C#C[Si](C)(C)C)c3cc2cc1C. The first kappa shape index (κ1) is 26.3. The molecular weight excluding hydrogens is 489 g/mol. The summed E-state index contributed by atoms with van der Waals surface area (Å²) in [6.07, 6.45) is 0. The number of hydrogen-bond acceptors (Lipinski definition) is 0. The molecule has 0 aromatic heterocycles. The average Bonchev–Trinajstić information content (AvgIpc) is 2.80. The van der Waals surface area contributed by atoms with E-state index in [0.717, 1.165) is 11.1 Å². The second-order valence-corrected chi connectivity index (χ2v) is 22.6. The van der Waals surface area contributed by atoms with E-state index in [0.29, 0.717) is 0 Å². The molecule has 0 heterocycles. The molecule has 0 nitrogen and oxygen atoms in total. The van der Waals surface area contributed by atoms with Crippen LogP contribution in [0.4, 0.5) is 0 Å². The van der Waals surface area contributed by atoms with Gasteiger partial charge in [-0.15, -0.1) is 11.1 Å². The van der Waals surface area contributed by atoms with Gasteiger partial charge in [0.25, 0.3) is 0 Å². The Hall–Kier alpha value is -3.31. The highest BCUT2D eigenvalue weighted by Crippen LogP contribution is 2.38. The van der Waals surface area contributed by atoms with Gasteiger partial charge in [-0.25, -0.2) is 0 Å². The fourth-order valence-corrected chi connectivity index (χ4v) is 6.04. The Labute approximate surface area is 230 Å². The molecule has 0 atom stereocenters. The Morgan fingerprint density at radius 3 is 0.842 bits per heavy atom. The van der Waals surface area contributed by atoms with E-state index in [-0.39, 0.29) is 0 Å². The van der Waals surface area contributed by atoms with Crippen LogP contribution in [0.25, 0.3) is 43.1 Å². The predicted octanol–water partition coefficient (Wildman–Crippen LogP) is 9.99. The lowest BCUT2D eigenvalue weighted by Gasteiger charge is -2.16. The fourth-order valence-electron chi connectivity index (χ4n) is 5.04. The van der Waals surface area contributed by atoms with Gasteiger partial charge in [-0.3, -0.25) is 0 Å². The van der Waals surface area contributed by atoms with E-state index >= 15 is 0 Å². The maximum absolute atomic E-state index is 3.72. The molecule has 0 aliphatic heterocycles. The van der Waals surface area contributed by atoms with Crippen molar-refractivity contribution in [2.45, 2.75) is 67.0 Å². The minimum atomic E-state index is -1.59. The highest BCUT2D eigenvalue weighted by molar-refractivity contribution is 6.84. The Kier molecular flexibility index (Phi) is 6.34. The number of aryl methyl sites for hydroxylation is 4. The van der Waals surface area contributed by atoms with Gasteiger partial charge in [0, 0.05) is 11.1 Å². The predicted molar refractivity (Wildman–Crippen MR) is 176 cm³/mol. The van der Waals surface area contributed by atoms with Gasteiger partial charge in [0.2, 0.25) is 0 Å². The molecule has 0 saturated heterocycles. The molecule has 190 valence electrons. The van der Waals surface area contributed by atoms with Gasteiger partial charge in [0.15, 0.2) is 0 Å². The zero-order valence-corrected chi connectivity index (χ0v) is 26.6. The monoisotopic (exact) mass is 526 g/mol. The normalized spacial score (nSPS) is 12.1. The van der Waals surface area contributed by atoms with Gasteiger partial charge in [-0.05, 0) is 117 Å². The topological polar surface area (TPSA) is 0 Å². The summed E-state index contributed by atoms with van der Waals surface area (Å²) in [5, 5.41) is 9.98. The summed E-state index contributed by atoms with van der Waals surface area (Å²) in [6.45, 7) is 22.7. The Morgan fingerprint density at radius 1 is 0.395 bits per heavy atom. The molecule has 5 rings (SSSR count). The fraction of sp³-hybridized carbons (Fsp3) is 0.278. The summed E-state index contributed by atoms with van der Waals surface area (Å²) in [6, 6.07) is 18.8. The lowest BCUT2D eigenvalue weighted by Crippen LogP contribution is -2.16. The standard InChI is InChI=1S/C36H38Si2/c1-23-15-27-19-33-31(11-13-37(5,6)7)35-21-29-17-25(3)26(4)18-30(29)22-36(35)32(12-14-38(8,9)10)34(33)20-28(27)16-24(23)2/h15-22H,1-10H3. The van der Waals surface area contributed by atoms with E-state index in [2.05, 4.69) is 138 Å². The van der Waals surface area contributed by atoms with Gasteiger partial charge in [0.1, 0.15) is 16.1 Å². The summed E-state index contributed by atoms with van der Waals surface area (Å²) in [4.78, 5) is 0.